The molecule has 0 fully saturated rings. The van der Waals surface area contributed by atoms with Crippen LogP contribution in [-0.2, 0) is 4.79 Å². The Balaban J connectivity index is 1.49. The Morgan fingerprint density at radius 3 is 2.83 bits per heavy atom. The predicted molar refractivity (Wildman–Crippen MR) is 89.8 cm³/mol. The molecule has 1 aromatic heterocycles. The lowest BCUT2D eigenvalue weighted by atomic mass is 10.2. The molecule has 0 atom stereocenters. The van der Waals surface area contributed by atoms with Crippen LogP contribution < -0.4 is 20.2 Å². The van der Waals surface area contributed by atoms with Crippen LogP contribution in [0.3, 0.4) is 0 Å². The van der Waals surface area contributed by atoms with Crippen LogP contribution in [0.15, 0.2) is 40.8 Å². The highest BCUT2D eigenvalue weighted by Crippen LogP contribution is 2.30. The van der Waals surface area contributed by atoms with E-state index in [-0.39, 0.29) is 12.5 Å². The van der Waals surface area contributed by atoms with Crippen molar-refractivity contribution in [1.29, 1.82) is 0 Å². The number of carbonyl (C=O) groups is 2. The Morgan fingerprint density at radius 1 is 1.21 bits per heavy atom. The highest BCUT2D eigenvalue weighted by atomic mass is 32.1. The van der Waals surface area contributed by atoms with Crippen LogP contribution in [0.25, 0.3) is 0 Å². The molecule has 0 bridgehead atoms. The third-order valence-corrected chi connectivity index (χ3v) is 3.94. The SMILES string of the molecule is O=C(CNC(=O)c1ccc2c(c1)OCCO2)N/N=C/c1cccs1. The Kier molecular flexibility index (Phi) is 5.07. The molecule has 24 heavy (non-hydrogen) atoms. The zero-order valence-electron chi connectivity index (χ0n) is 12.7. The Bertz CT molecular complexity index is 759. The third-order valence-electron chi connectivity index (χ3n) is 3.14. The van der Waals surface area contributed by atoms with Crippen molar-refractivity contribution in [2.75, 3.05) is 19.8 Å². The minimum Gasteiger partial charge on any atom is -0.486 e. The molecule has 2 aromatic rings. The highest BCUT2D eigenvalue weighted by molar-refractivity contribution is 7.11. The Labute approximate surface area is 142 Å². The van der Waals surface area contributed by atoms with Gasteiger partial charge < -0.3 is 14.8 Å². The molecule has 1 aliphatic heterocycles. The zero-order valence-corrected chi connectivity index (χ0v) is 13.5. The van der Waals surface area contributed by atoms with E-state index in [4.69, 9.17) is 9.47 Å². The number of benzene rings is 1. The zero-order chi connectivity index (χ0) is 16.8. The van der Waals surface area contributed by atoms with E-state index < -0.39 is 5.91 Å². The quantitative estimate of drug-likeness (QED) is 0.633. The van der Waals surface area contributed by atoms with Crippen LogP contribution in [0, 0.1) is 0 Å². The molecule has 0 spiro atoms. The first-order valence-corrected chi connectivity index (χ1v) is 8.13. The maximum absolute atomic E-state index is 12.1. The number of ether oxygens (including phenoxy) is 2. The number of amides is 2. The topological polar surface area (TPSA) is 89.0 Å². The van der Waals surface area contributed by atoms with Crippen molar-refractivity contribution in [3.05, 3.63) is 46.2 Å². The van der Waals surface area contributed by atoms with Gasteiger partial charge in [0.1, 0.15) is 13.2 Å². The van der Waals surface area contributed by atoms with Gasteiger partial charge in [-0.3, -0.25) is 9.59 Å². The second-order valence-corrected chi connectivity index (χ2v) is 5.83. The second kappa shape index (κ2) is 7.60. The number of nitrogens with zero attached hydrogens (tertiary/aromatic N) is 1. The number of hydrazone groups is 1. The average molecular weight is 345 g/mol. The number of hydrogen-bond acceptors (Lipinski definition) is 6. The van der Waals surface area contributed by atoms with Crippen molar-refractivity contribution < 1.29 is 19.1 Å². The summed E-state index contributed by atoms with van der Waals surface area (Å²) in [7, 11) is 0. The molecule has 0 aliphatic carbocycles. The number of thiophene rings is 1. The van der Waals surface area contributed by atoms with Crippen LogP contribution in [-0.4, -0.2) is 37.8 Å². The van der Waals surface area contributed by atoms with E-state index in [1.165, 1.54) is 11.3 Å². The Morgan fingerprint density at radius 2 is 2.04 bits per heavy atom. The normalized spacial score (nSPS) is 12.8. The molecule has 0 radical (unpaired) electrons. The van der Waals surface area contributed by atoms with Gasteiger partial charge in [-0.1, -0.05) is 6.07 Å². The molecule has 2 amide bonds. The number of rotatable bonds is 5. The van der Waals surface area contributed by atoms with Crippen molar-refractivity contribution in [2.24, 2.45) is 5.10 Å². The van der Waals surface area contributed by atoms with Crippen LogP contribution in [0.4, 0.5) is 0 Å². The minimum atomic E-state index is -0.409. The monoisotopic (exact) mass is 345 g/mol. The molecule has 3 rings (SSSR count). The van der Waals surface area contributed by atoms with Gasteiger partial charge in [0.2, 0.25) is 0 Å². The smallest absolute Gasteiger partial charge is 0.259 e. The molecular weight excluding hydrogens is 330 g/mol. The molecule has 8 heteroatoms. The minimum absolute atomic E-state index is 0.172. The molecule has 0 saturated heterocycles. The molecular formula is C16H15N3O4S. The van der Waals surface area contributed by atoms with Crippen molar-refractivity contribution in [3.8, 4) is 11.5 Å². The van der Waals surface area contributed by atoms with Crippen LogP contribution in [0.2, 0.25) is 0 Å². The second-order valence-electron chi connectivity index (χ2n) is 4.85. The summed E-state index contributed by atoms with van der Waals surface area (Å²) in [5.74, 6) is 0.357. The lowest BCUT2D eigenvalue weighted by Gasteiger charge is -2.18. The van der Waals surface area contributed by atoms with Crippen LogP contribution >= 0.6 is 11.3 Å². The Hall–Kier alpha value is -2.87. The lowest BCUT2D eigenvalue weighted by Crippen LogP contribution is -2.35. The first-order valence-electron chi connectivity index (χ1n) is 7.25. The van der Waals surface area contributed by atoms with Gasteiger partial charge in [-0.15, -0.1) is 11.3 Å². The summed E-state index contributed by atoms with van der Waals surface area (Å²) in [5.41, 5.74) is 2.75. The highest BCUT2D eigenvalue weighted by Gasteiger charge is 2.15. The van der Waals surface area contributed by atoms with Crippen LogP contribution in [0.5, 0.6) is 11.5 Å². The summed E-state index contributed by atoms with van der Waals surface area (Å²) in [6.45, 7) is 0.766. The van der Waals surface area contributed by atoms with E-state index in [0.717, 1.165) is 4.88 Å². The van der Waals surface area contributed by atoms with E-state index in [2.05, 4.69) is 15.8 Å². The van der Waals surface area contributed by atoms with Gasteiger partial charge in [-0.25, -0.2) is 5.43 Å². The van der Waals surface area contributed by atoms with Crippen molar-refractivity contribution in [1.82, 2.24) is 10.7 Å². The maximum atomic E-state index is 12.1. The summed E-state index contributed by atoms with van der Waals surface area (Å²) in [6, 6.07) is 8.66. The summed E-state index contributed by atoms with van der Waals surface area (Å²) in [6.07, 6.45) is 1.55. The van der Waals surface area contributed by atoms with Gasteiger partial charge in [0.25, 0.3) is 11.8 Å². The van der Waals surface area contributed by atoms with E-state index in [0.29, 0.717) is 30.3 Å². The fourth-order valence-corrected chi connectivity index (χ4v) is 2.60. The van der Waals surface area contributed by atoms with Crippen LogP contribution in [0.1, 0.15) is 15.2 Å². The summed E-state index contributed by atoms with van der Waals surface area (Å²) in [5, 5.41) is 8.26. The van der Waals surface area contributed by atoms with Gasteiger partial charge in [0.05, 0.1) is 12.8 Å². The molecule has 124 valence electrons. The third kappa shape index (κ3) is 4.11. The summed E-state index contributed by atoms with van der Waals surface area (Å²) in [4.78, 5) is 24.7. The van der Waals surface area contributed by atoms with E-state index in [9.17, 15) is 9.59 Å². The number of carbonyl (C=O) groups excluding carboxylic acids is 2. The standard InChI is InChI=1S/C16H15N3O4S/c20-15(19-18-9-12-2-1-7-24-12)10-17-16(21)11-3-4-13-14(8-11)23-6-5-22-13/h1-4,7-9H,5-6,10H2,(H,17,21)(H,19,20)/b18-9+. The van der Waals surface area contributed by atoms with Crippen molar-refractivity contribution >= 4 is 29.4 Å². The van der Waals surface area contributed by atoms with Gasteiger partial charge in [-0.05, 0) is 29.6 Å². The summed E-state index contributed by atoms with van der Waals surface area (Å²) < 4.78 is 10.8. The first kappa shape index (κ1) is 16.0. The average Bonchev–Trinajstić information content (AvgIpc) is 3.12. The van der Waals surface area contributed by atoms with E-state index >= 15 is 0 Å². The number of fused-ring (bicyclic) bond motifs is 1. The maximum Gasteiger partial charge on any atom is 0.259 e. The summed E-state index contributed by atoms with van der Waals surface area (Å²) >= 11 is 1.51. The van der Waals surface area contributed by atoms with Gasteiger partial charge >= 0.3 is 0 Å². The number of nitrogens with one attached hydrogen (secondary N) is 2. The molecule has 1 aromatic carbocycles. The van der Waals surface area contributed by atoms with Gasteiger partial charge in [0, 0.05) is 10.4 Å². The first-order chi connectivity index (χ1) is 11.7. The van der Waals surface area contributed by atoms with Gasteiger partial charge in [0.15, 0.2) is 11.5 Å². The molecule has 0 unspecified atom stereocenters. The van der Waals surface area contributed by atoms with E-state index in [1.54, 1.807) is 24.4 Å². The molecule has 0 saturated carbocycles. The fraction of sp³-hybridized carbons (Fsp3) is 0.188. The molecule has 2 N–H and O–H groups in total. The fourth-order valence-electron chi connectivity index (χ4n) is 2.02. The van der Waals surface area contributed by atoms with Crippen molar-refractivity contribution in [3.63, 3.8) is 0 Å². The van der Waals surface area contributed by atoms with Crippen molar-refractivity contribution in [2.45, 2.75) is 0 Å². The molecule has 1 aliphatic rings. The molecule has 7 nitrogen and oxygen atoms in total. The predicted octanol–water partition coefficient (Wildman–Crippen LogP) is 1.40. The van der Waals surface area contributed by atoms with Gasteiger partial charge in [-0.2, -0.15) is 5.10 Å². The molecule has 2 heterocycles. The van der Waals surface area contributed by atoms with E-state index in [1.807, 2.05) is 17.5 Å². The number of hydrogen-bond donors (Lipinski definition) is 2. The largest absolute Gasteiger partial charge is 0.486 e. The lowest BCUT2D eigenvalue weighted by molar-refractivity contribution is -0.120.